The first-order valence-corrected chi connectivity index (χ1v) is 11.3. The minimum Gasteiger partial charge on any atom is -0.488 e. The largest absolute Gasteiger partial charge is 0.488 e. The third kappa shape index (κ3) is 7.63. The van der Waals surface area contributed by atoms with Crippen LogP contribution in [0, 0.1) is 0 Å². The van der Waals surface area contributed by atoms with Gasteiger partial charge in [0.15, 0.2) is 18.1 Å². The molecule has 0 bridgehead atoms. The third-order valence-corrected chi connectivity index (χ3v) is 5.38. The van der Waals surface area contributed by atoms with Gasteiger partial charge in [-0.3, -0.25) is 4.79 Å². The van der Waals surface area contributed by atoms with Crippen molar-refractivity contribution in [3.63, 3.8) is 0 Å². The van der Waals surface area contributed by atoms with Gasteiger partial charge in [-0.15, -0.1) is 0 Å². The molecule has 35 heavy (non-hydrogen) atoms. The zero-order valence-corrected chi connectivity index (χ0v) is 19.5. The van der Waals surface area contributed by atoms with Crippen LogP contribution in [0.5, 0.6) is 11.5 Å². The zero-order chi connectivity index (χ0) is 25.4. The van der Waals surface area contributed by atoms with E-state index in [1.807, 2.05) is 29.8 Å². The minimum absolute atomic E-state index is 0.0324. The van der Waals surface area contributed by atoms with Crippen LogP contribution < -0.4 is 20.5 Å². The predicted molar refractivity (Wildman–Crippen MR) is 127 cm³/mol. The predicted octanol–water partition coefficient (Wildman–Crippen LogP) is 3.66. The number of aliphatic hydroxyl groups is 1. The number of para-hydroxylation sites is 2. The van der Waals surface area contributed by atoms with Crippen molar-refractivity contribution < 1.29 is 32.5 Å². The molecular formula is C25H30F3N3O4. The van der Waals surface area contributed by atoms with E-state index >= 15 is 0 Å². The molecule has 0 spiro atoms. The Morgan fingerprint density at radius 1 is 1.17 bits per heavy atom. The number of ether oxygens (including phenoxy) is 2. The molecule has 1 heterocycles. The average Bonchev–Trinajstić information content (AvgIpc) is 3.21. The summed E-state index contributed by atoms with van der Waals surface area (Å²) in [6.07, 6.45) is -1.34. The van der Waals surface area contributed by atoms with E-state index in [-0.39, 0.29) is 30.8 Å². The molecule has 3 rings (SSSR count). The number of nitrogens with one attached hydrogen (secondary N) is 1. The number of aryl methyl sites for hydroxylation is 1. The Hall–Kier alpha value is -3.24. The molecule has 7 nitrogen and oxygen atoms in total. The molecule has 0 saturated carbocycles. The summed E-state index contributed by atoms with van der Waals surface area (Å²) in [7, 11) is 0. The number of rotatable bonds is 13. The lowest BCUT2D eigenvalue weighted by Crippen LogP contribution is -2.32. The molecule has 0 aliphatic carbocycles. The lowest BCUT2D eigenvalue weighted by atomic mass is 10.0. The first-order chi connectivity index (χ1) is 16.7. The van der Waals surface area contributed by atoms with Crippen LogP contribution in [-0.2, 0) is 13.0 Å². The Kier molecular flexibility index (Phi) is 9.00. The number of aliphatic hydroxyl groups excluding tert-OH is 1. The molecular weight excluding hydrogens is 463 g/mol. The highest BCUT2D eigenvalue weighted by molar-refractivity contribution is 6.05. The number of nitrogens with two attached hydrogens (primary N) is 1. The van der Waals surface area contributed by atoms with Crippen molar-refractivity contribution in [2.45, 2.75) is 38.5 Å². The van der Waals surface area contributed by atoms with E-state index in [1.54, 1.807) is 24.3 Å². The van der Waals surface area contributed by atoms with Crippen molar-refractivity contribution in [1.82, 2.24) is 9.88 Å². The van der Waals surface area contributed by atoms with E-state index in [0.717, 1.165) is 16.5 Å². The van der Waals surface area contributed by atoms with Crippen LogP contribution in [0.4, 0.5) is 13.2 Å². The van der Waals surface area contributed by atoms with Crippen LogP contribution in [0.1, 0.15) is 29.3 Å². The summed E-state index contributed by atoms with van der Waals surface area (Å²) in [5.41, 5.74) is 7.78. The van der Waals surface area contributed by atoms with E-state index in [0.29, 0.717) is 31.5 Å². The van der Waals surface area contributed by atoms with Crippen LogP contribution in [-0.4, -0.2) is 54.2 Å². The van der Waals surface area contributed by atoms with Gasteiger partial charge in [-0.1, -0.05) is 12.1 Å². The Bertz CT molecular complexity index is 1130. The Morgan fingerprint density at radius 2 is 1.89 bits per heavy atom. The number of hydrogen-bond donors (Lipinski definition) is 3. The molecule has 3 aromatic rings. The summed E-state index contributed by atoms with van der Waals surface area (Å²) >= 11 is 0. The number of primary amides is 1. The summed E-state index contributed by atoms with van der Waals surface area (Å²) < 4.78 is 49.7. The van der Waals surface area contributed by atoms with Crippen molar-refractivity contribution in [3.05, 3.63) is 59.8 Å². The summed E-state index contributed by atoms with van der Waals surface area (Å²) in [6, 6.07) is 12.0. The molecule has 10 heteroatoms. The fourth-order valence-electron chi connectivity index (χ4n) is 3.88. The Morgan fingerprint density at radius 3 is 2.54 bits per heavy atom. The van der Waals surface area contributed by atoms with E-state index in [4.69, 9.17) is 20.3 Å². The van der Waals surface area contributed by atoms with Crippen LogP contribution in [0.15, 0.2) is 48.7 Å². The molecule has 0 aliphatic heterocycles. The van der Waals surface area contributed by atoms with Crippen molar-refractivity contribution in [2.75, 3.05) is 26.4 Å². The van der Waals surface area contributed by atoms with Crippen LogP contribution in [0.3, 0.4) is 0 Å². The fourth-order valence-corrected chi connectivity index (χ4v) is 3.88. The van der Waals surface area contributed by atoms with Gasteiger partial charge in [0.1, 0.15) is 6.61 Å². The maximum atomic E-state index is 12.4. The van der Waals surface area contributed by atoms with Gasteiger partial charge in [0.25, 0.3) is 5.91 Å². The summed E-state index contributed by atoms with van der Waals surface area (Å²) in [4.78, 5) is 12.1. The maximum Gasteiger partial charge on any atom is 0.422 e. The highest BCUT2D eigenvalue weighted by Gasteiger charge is 2.29. The van der Waals surface area contributed by atoms with Gasteiger partial charge in [0.05, 0.1) is 11.1 Å². The summed E-state index contributed by atoms with van der Waals surface area (Å²) in [5.74, 6) is -0.231. The average molecular weight is 494 g/mol. The SMILES string of the molecule is CC(Cc1cc(C(N)=O)c2c(ccn2CCCO)c1)NCCOc1ccccc1OCC(F)(F)F. The second-order valence-electron chi connectivity index (χ2n) is 8.29. The van der Waals surface area contributed by atoms with E-state index in [9.17, 15) is 18.0 Å². The summed E-state index contributed by atoms with van der Waals surface area (Å²) in [5, 5.41) is 13.3. The summed E-state index contributed by atoms with van der Waals surface area (Å²) in [6.45, 7) is 1.93. The lowest BCUT2D eigenvalue weighted by Gasteiger charge is -2.17. The smallest absolute Gasteiger partial charge is 0.422 e. The number of carbonyl (C=O) groups is 1. The Balaban J connectivity index is 1.56. The van der Waals surface area contributed by atoms with E-state index in [2.05, 4.69) is 5.32 Å². The number of halogens is 3. The quantitative estimate of drug-likeness (QED) is 0.316. The highest BCUT2D eigenvalue weighted by Crippen LogP contribution is 2.28. The molecule has 4 N–H and O–H groups in total. The number of nitrogens with zero attached hydrogens (tertiary/aromatic N) is 1. The van der Waals surface area contributed by atoms with Crippen molar-refractivity contribution in [3.8, 4) is 11.5 Å². The number of aromatic nitrogens is 1. The Labute approximate surface area is 201 Å². The first kappa shape index (κ1) is 26.4. The van der Waals surface area contributed by atoms with Gasteiger partial charge in [-0.25, -0.2) is 0 Å². The maximum absolute atomic E-state index is 12.4. The molecule has 1 atom stereocenters. The van der Waals surface area contributed by atoms with Gasteiger partial charge in [0.2, 0.25) is 0 Å². The number of fused-ring (bicyclic) bond motifs is 1. The van der Waals surface area contributed by atoms with Gasteiger partial charge in [-0.05, 0) is 55.7 Å². The number of alkyl halides is 3. The molecule has 190 valence electrons. The lowest BCUT2D eigenvalue weighted by molar-refractivity contribution is -0.153. The number of amides is 1. The van der Waals surface area contributed by atoms with Crippen molar-refractivity contribution in [1.29, 1.82) is 0 Å². The topological polar surface area (TPSA) is 98.7 Å². The highest BCUT2D eigenvalue weighted by atomic mass is 19.4. The number of hydrogen-bond acceptors (Lipinski definition) is 5. The van der Waals surface area contributed by atoms with Gasteiger partial charge in [0, 0.05) is 37.3 Å². The van der Waals surface area contributed by atoms with Crippen LogP contribution in [0.2, 0.25) is 0 Å². The monoisotopic (exact) mass is 493 g/mol. The minimum atomic E-state index is -4.43. The van der Waals surface area contributed by atoms with E-state index in [1.165, 1.54) is 6.07 Å². The van der Waals surface area contributed by atoms with E-state index < -0.39 is 18.7 Å². The zero-order valence-electron chi connectivity index (χ0n) is 19.5. The van der Waals surface area contributed by atoms with Crippen molar-refractivity contribution in [2.24, 2.45) is 5.73 Å². The second kappa shape index (κ2) is 11.9. The molecule has 0 fully saturated rings. The van der Waals surface area contributed by atoms with Gasteiger partial charge >= 0.3 is 6.18 Å². The molecule has 0 saturated heterocycles. The first-order valence-electron chi connectivity index (χ1n) is 11.3. The van der Waals surface area contributed by atoms with Crippen LogP contribution >= 0.6 is 0 Å². The van der Waals surface area contributed by atoms with Crippen LogP contribution in [0.25, 0.3) is 10.9 Å². The number of carbonyl (C=O) groups excluding carboxylic acids is 1. The number of benzene rings is 2. The third-order valence-electron chi connectivity index (χ3n) is 5.38. The molecule has 0 radical (unpaired) electrons. The molecule has 1 amide bonds. The fraction of sp³-hybridized carbons (Fsp3) is 0.400. The molecule has 1 unspecified atom stereocenters. The molecule has 0 aliphatic rings. The molecule has 2 aromatic carbocycles. The van der Waals surface area contributed by atoms with Gasteiger partial charge < -0.3 is 30.2 Å². The van der Waals surface area contributed by atoms with Gasteiger partial charge in [-0.2, -0.15) is 13.2 Å². The second-order valence-corrected chi connectivity index (χ2v) is 8.29. The normalized spacial score (nSPS) is 12.6. The standard InChI is InChI=1S/C25H30F3N3O4/c1-17(30-8-12-34-21-5-2-3-6-22(21)35-16-25(26,27)28)13-18-14-19-7-10-31(9-4-11-32)23(19)20(15-18)24(29)33/h2-3,5-7,10,14-15,17,30,32H,4,8-9,11-13,16H2,1H3,(H2,29,33). The van der Waals surface area contributed by atoms with Crippen molar-refractivity contribution >= 4 is 16.8 Å². The molecule has 1 aromatic heterocycles.